The van der Waals surface area contributed by atoms with Gasteiger partial charge in [0.2, 0.25) is 5.91 Å². The normalized spacial score (nSPS) is 26.0. The van der Waals surface area contributed by atoms with Crippen LogP contribution in [-0.4, -0.2) is 5.91 Å². The van der Waals surface area contributed by atoms with Gasteiger partial charge < -0.3 is 5.73 Å². The first-order chi connectivity index (χ1) is 4.30. The highest BCUT2D eigenvalue weighted by molar-refractivity contribution is 5.78. The number of rotatable bonds is 1. The number of primary amides is 1. The van der Waals surface area contributed by atoms with Crippen molar-refractivity contribution >= 4 is 5.91 Å². The van der Waals surface area contributed by atoms with Crippen LogP contribution in [0.1, 0.15) is 19.3 Å². The summed E-state index contributed by atoms with van der Waals surface area (Å²) in [5.74, 6) is -0.176. The van der Waals surface area contributed by atoms with Crippen LogP contribution in [0.25, 0.3) is 0 Å². The molecule has 0 bridgehead atoms. The molecule has 1 aliphatic rings. The van der Waals surface area contributed by atoms with Crippen molar-refractivity contribution in [3.05, 3.63) is 12.2 Å². The maximum absolute atomic E-state index is 10.5. The van der Waals surface area contributed by atoms with Crippen LogP contribution in [0.5, 0.6) is 0 Å². The molecule has 2 N–H and O–H groups in total. The predicted molar refractivity (Wildman–Crippen MR) is 35.7 cm³/mol. The largest absolute Gasteiger partial charge is 0.369 e. The predicted octanol–water partition coefficient (Wildman–Crippen LogP) is 0.828. The Balaban J connectivity index is 2.50. The third kappa shape index (κ3) is 1.56. The summed E-state index contributed by atoms with van der Waals surface area (Å²) in [5.41, 5.74) is 5.08. The first-order valence-electron chi connectivity index (χ1n) is 3.26. The van der Waals surface area contributed by atoms with Crippen molar-refractivity contribution < 1.29 is 4.79 Å². The fourth-order valence-electron chi connectivity index (χ4n) is 1.05. The lowest BCUT2D eigenvalue weighted by Crippen LogP contribution is -2.22. The molecule has 9 heavy (non-hydrogen) atoms. The second kappa shape index (κ2) is 2.67. The van der Waals surface area contributed by atoms with Gasteiger partial charge in [0, 0.05) is 0 Å². The maximum Gasteiger partial charge on any atom is 0.224 e. The Morgan fingerprint density at radius 1 is 1.67 bits per heavy atom. The molecule has 1 amide bonds. The van der Waals surface area contributed by atoms with Gasteiger partial charge in [-0.05, 0) is 19.3 Å². The first-order valence-corrected chi connectivity index (χ1v) is 3.26. The van der Waals surface area contributed by atoms with Gasteiger partial charge in [-0.25, -0.2) is 0 Å². The molecule has 0 spiro atoms. The Labute approximate surface area is 54.7 Å². The second-order valence-corrected chi connectivity index (χ2v) is 2.37. The summed E-state index contributed by atoms with van der Waals surface area (Å²) in [6.45, 7) is 0. The van der Waals surface area contributed by atoms with Crippen molar-refractivity contribution in [1.29, 1.82) is 0 Å². The average molecular weight is 125 g/mol. The third-order valence-electron chi connectivity index (χ3n) is 1.62. The smallest absolute Gasteiger partial charge is 0.224 e. The van der Waals surface area contributed by atoms with Crippen LogP contribution < -0.4 is 5.73 Å². The molecule has 1 atom stereocenters. The fourth-order valence-corrected chi connectivity index (χ4v) is 1.05. The van der Waals surface area contributed by atoms with Gasteiger partial charge in [-0.2, -0.15) is 0 Å². The maximum atomic E-state index is 10.5. The lowest BCUT2D eigenvalue weighted by Gasteiger charge is -2.10. The number of allylic oxidation sites excluding steroid dienone is 1. The van der Waals surface area contributed by atoms with Crippen LogP contribution in [-0.2, 0) is 4.79 Å². The molecule has 1 rings (SSSR count). The van der Waals surface area contributed by atoms with Gasteiger partial charge in [0.05, 0.1) is 5.92 Å². The molecule has 0 saturated carbocycles. The summed E-state index contributed by atoms with van der Waals surface area (Å²) < 4.78 is 0. The van der Waals surface area contributed by atoms with Gasteiger partial charge in [-0.3, -0.25) is 4.79 Å². The molecule has 0 saturated heterocycles. The van der Waals surface area contributed by atoms with Gasteiger partial charge >= 0.3 is 0 Å². The van der Waals surface area contributed by atoms with Gasteiger partial charge in [-0.15, -0.1) is 0 Å². The minimum absolute atomic E-state index is 0.0127. The molecular formula is C7H11NO. The van der Waals surface area contributed by atoms with Crippen molar-refractivity contribution in [2.75, 3.05) is 0 Å². The van der Waals surface area contributed by atoms with E-state index in [-0.39, 0.29) is 11.8 Å². The fraction of sp³-hybridized carbons (Fsp3) is 0.571. The molecule has 0 aromatic carbocycles. The SMILES string of the molecule is NC(=O)C1C=CCCC1. The lowest BCUT2D eigenvalue weighted by molar-refractivity contribution is -0.120. The van der Waals surface area contributed by atoms with Gasteiger partial charge in [-0.1, -0.05) is 12.2 Å². The minimum atomic E-state index is -0.189. The van der Waals surface area contributed by atoms with Gasteiger partial charge in [0.1, 0.15) is 0 Å². The van der Waals surface area contributed by atoms with Crippen LogP contribution >= 0.6 is 0 Å². The summed E-state index contributed by atoms with van der Waals surface area (Å²) in [7, 11) is 0. The van der Waals surface area contributed by atoms with Crippen molar-refractivity contribution in [2.45, 2.75) is 19.3 Å². The van der Waals surface area contributed by atoms with E-state index in [2.05, 4.69) is 0 Å². The van der Waals surface area contributed by atoms with E-state index in [1.54, 1.807) is 0 Å². The van der Waals surface area contributed by atoms with Crippen molar-refractivity contribution in [1.82, 2.24) is 0 Å². The molecule has 2 nitrogen and oxygen atoms in total. The Kier molecular flexibility index (Phi) is 1.88. The molecular weight excluding hydrogens is 114 g/mol. The standard InChI is InChI=1S/C7H11NO/c8-7(9)6-4-2-1-3-5-6/h2,4,6H,1,3,5H2,(H2,8,9). The number of hydrogen-bond donors (Lipinski definition) is 1. The zero-order valence-corrected chi connectivity index (χ0v) is 5.34. The van der Waals surface area contributed by atoms with Crippen LogP contribution in [0.15, 0.2) is 12.2 Å². The first kappa shape index (κ1) is 6.33. The quantitative estimate of drug-likeness (QED) is 0.518. The Morgan fingerprint density at radius 3 is 2.78 bits per heavy atom. The number of carbonyl (C=O) groups excluding carboxylic acids is 1. The Hall–Kier alpha value is -0.790. The van der Waals surface area contributed by atoms with E-state index in [4.69, 9.17) is 5.73 Å². The van der Waals surface area contributed by atoms with E-state index in [0.717, 1.165) is 19.3 Å². The molecule has 1 aliphatic carbocycles. The summed E-state index contributed by atoms with van der Waals surface area (Å²) >= 11 is 0. The number of hydrogen-bond acceptors (Lipinski definition) is 1. The summed E-state index contributed by atoms with van der Waals surface area (Å²) in [4.78, 5) is 10.5. The molecule has 50 valence electrons. The molecule has 0 heterocycles. The zero-order chi connectivity index (χ0) is 6.69. The van der Waals surface area contributed by atoms with Crippen LogP contribution in [0, 0.1) is 5.92 Å². The summed E-state index contributed by atoms with van der Waals surface area (Å²) in [6.07, 6.45) is 7.07. The van der Waals surface area contributed by atoms with E-state index >= 15 is 0 Å². The van der Waals surface area contributed by atoms with E-state index in [9.17, 15) is 4.79 Å². The Morgan fingerprint density at radius 2 is 2.44 bits per heavy atom. The molecule has 0 aliphatic heterocycles. The molecule has 0 fully saturated rings. The van der Waals surface area contributed by atoms with E-state index < -0.39 is 0 Å². The van der Waals surface area contributed by atoms with E-state index in [0.29, 0.717) is 0 Å². The number of carbonyl (C=O) groups is 1. The zero-order valence-electron chi connectivity index (χ0n) is 5.34. The summed E-state index contributed by atoms with van der Waals surface area (Å²) in [6, 6.07) is 0. The number of nitrogens with two attached hydrogens (primary N) is 1. The molecule has 1 unspecified atom stereocenters. The highest BCUT2D eigenvalue weighted by Gasteiger charge is 2.12. The second-order valence-electron chi connectivity index (χ2n) is 2.37. The van der Waals surface area contributed by atoms with Crippen LogP contribution in [0.2, 0.25) is 0 Å². The number of amides is 1. The highest BCUT2D eigenvalue weighted by atomic mass is 16.1. The molecule has 2 heteroatoms. The molecule has 0 aromatic heterocycles. The summed E-state index contributed by atoms with van der Waals surface area (Å²) in [5, 5.41) is 0. The van der Waals surface area contributed by atoms with Gasteiger partial charge in [0.25, 0.3) is 0 Å². The topological polar surface area (TPSA) is 43.1 Å². The van der Waals surface area contributed by atoms with Crippen molar-refractivity contribution in [3.8, 4) is 0 Å². The van der Waals surface area contributed by atoms with Gasteiger partial charge in [0.15, 0.2) is 0 Å². The molecule has 0 aromatic rings. The van der Waals surface area contributed by atoms with E-state index in [1.807, 2.05) is 12.2 Å². The van der Waals surface area contributed by atoms with Crippen LogP contribution in [0.3, 0.4) is 0 Å². The highest BCUT2D eigenvalue weighted by Crippen LogP contribution is 2.15. The lowest BCUT2D eigenvalue weighted by atomic mass is 9.96. The third-order valence-corrected chi connectivity index (χ3v) is 1.62. The van der Waals surface area contributed by atoms with Crippen molar-refractivity contribution in [2.24, 2.45) is 11.7 Å². The van der Waals surface area contributed by atoms with E-state index in [1.165, 1.54) is 0 Å². The van der Waals surface area contributed by atoms with Crippen LogP contribution in [0.4, 0.5) is 0 Å². The molecule has 0 radical (unpaired) electrons. The van der Waals surface area contributed by atoms with Crippen molar-refractivity contribution in [3.63, 3.8) is 0 Å². The monoisotopic (exact) mass is 125 g/mol. The minimum Gasteiger partial charge on any atom is -0.369 e. The average Bonchev–Trinajstić information content (AvgIpc) is 1.90. The Bertz CT molecular complexity index is 140.